The molecule has 0 spiro atoms. The summed E-state index contributed by atoms with van der Waals surface area (Å²) >= 11 is 0. The van der Waals surface area contributed by atoms with Crippen molar-refractivity contribution in [2.75, 3.05) is 18.0 Å². The van der Waals surface area contributed by atoms with Crippen molar-refractivity contribution in [1.29, 1.82) is 0 Å². The van der Waals surface area contributed by atoms with Crippen molar-refractivity contribution >= 4 is 27.5 Å². The van der Waals surface area contributed by atoms with Gasteiger partial charge >= 0.3 is 0 Å². The van der Waals surface area contributed by atoms with Crippen LogP contribution in [0.3, 0.4) is 0 Å². The lowest BCUT2D eigenvalue weighted by Gasteiger charge is -2.34. The van der Waals surface area contributed by atoms with Gasteiger partial charge in [0.25, 0.3) is 10.0 Å². The SMILES string of the molecule is CCC(C(=O)NC(C)C)N(Cc1ccc(C)cc1)C(=O)CN(c1cc(C)ccc1OC)S(=O)(=O)c1ccccc1. The second kappa shape index (κ2) is 13.5. The fraction of sp³-hybridized carbons (Fsp3) is 0.355. The summed E-state index contributed by atoms with van der Waals surface area (Å²) in [5, 5.41) is 2.91. The van der Waals surface area contributed by atoms with Crippen LogP contribution in [0.25, 0.3) is 0 Å². The Bertz CT molecular complexity index is 1410. The highest BCUT2D eigenvalue weighted by Crippen LogP contribution is 2.33. The Balaban J connectivity index is 2.12. The Hall–Kier alpha value is -3.85. The van der Waals surface area contributed by atoms with Crippen LogP contribution in [0.5, 0.6) is 5.75 Å². The number of amides is 2. The van der Waals surface area contributed by atoms with Crippen LogP contribution in [0.15, 0.2) is 77.7 Å². The number of rotatable bonds is 12. The van der Waals surface area contributed by atoms with E-state index in [1.165, 1.54) is 24.1 Å². The highest BCUT2D eigenvalue weighted by molar-refractivity contribution is 7.92. The largest absolute Gasteiger partial charge is 0.495 e. The standard InChI is InChI=1S/C31H39N3O5S/c1-7-27(31(36)32-22(2)3)33(20-25-16-13-23(4)14-17-25)30(35)21-34(28-19-24(5)15-18-29(28)39-6)40(37,38)26-11-9-8-10-12-26/h8-19,22,27H,7,20-21H2,1-6H3,(H,32,36). The molecule has 0 aliphatic carbocycles. The third-order valence-corrected chi connectivity index (χ3v) is 8.28. The van der Waals surface area contributed by atoms with E-state index in [2.05, 4.69) is 5.32 Å². The van der Waals surface area contributed by atoms with Gasteiger partial charge in [-0.2, -0.15) is 0 Å². The lowest BCUT2D eigenvalue weighted by molar-refractivity contribution is -0.140. The fourth-order valence-corrected chi connectivity index (χ4v) is 5.86. The molecule has 0 fully saturated rings. The highest BCUT2D eigenvalue weighted by Gasteiger charge is 2.34. The van der Waals surface area contributed by atoms with Gasteiger partial charge < -0.3 is 15.0 Å². The number of hydrogen-bond acceptors (Lipinski definition) is 5. The van der Waals surface area contributed by atoms with Crippen LogP contribution in [0.2, 0.25) is 0 Å². The smallest absolute Gasteiger partial charge is 0.264 e. The molecule has 1 unspecified atom stereocenters. The minimum Gasteiger partial charge on any atom is -0.495 e. The van der Waals surface area contributed by atoms with Crippen LogP contribution >= 0.6 is 0 Å². The first-order valence-electron chi connectivity index (χ1n) is 13.4. The van der Waals surface area contributed by atoms with Gasteiger partial charge in [-0.05, 0) is 69.5 Å². The Morgan fingerprint density at radius 3 is 2.12 bits per heavy atom. The summed E-state index contributed by atoms with van der Waals surface area (Å²) < 4.78 is 34.6. The molecule has 1 N–H and O–H groups in total. The van der Waals surface area contributed by atoms with Crippen LogP contribution in [0.1, 0.15) is 43.9 Å². The molecule has 0 aliphatic rings. The molecule has 0 heterocycles. The quantitative estimate of drug-likeness (QED) is 0.339. The number of aryl methyl sites for hydroxylation is 2. The molecule has 3 aromatic rings. The number of sulfonamides is 1. The molecule has 0 radical (unpaired) electrons. The van der Waals surface area contributed by atoms with E-state index in [0.29, 0.717) is 12.2 Å². The molecule has 0 saturated heterocycles. The summed E-state index contributed by atoms with van der Waals surface area (Å²) in [5.41, 5.74) is 2.95. The van der Waals surface area contributed by atoms with E-state index < -0.39 is 28.5 Å². The van der Waals surface area contributed by atoms with Gasteiger partial charge in [-0.3, -0.25) is 13.9 Å². The van der Waals surface area contributed by atoms with Crippen molar-refractivity contribution in [3.63, 3.8) is 0 Å². The molecular weight excluding hydrogens is 526 g/mol. The number of anilines is 1. The summed E-state index contributed by atoms with van der Waals surface area (Å²) in [7, 11) is -2.72. The topological polar surface area (TPSA) is 96.0 Å². The Morgan fingerprint density at radius 1 is 0.925 bits per heavy atom. The lowest BCUT2D eigenvalue weighted by atomic mass is 10.1. The monoisotopic (exact) mass is 565 g/mol. The number of ether oxygens (including phenoxy) is 1. The van der Waals surface area contributed by atoms with Gasteiger partial charge in [0, 0.05) is 12.6 Å². The normalized spacial score (nSPS) is 12.1. The molecular formula is C31H39N3O5S. The maximum absolute atomic E-state index is 14.2. The van der Waals surface area contributed by atoms with Crippen LogP contribution in [0.4, 0.5) is 5.69 Å². The zero-order valence-electron chi connectivity index (χ0n) is 24.0. The predicted molar refractivity (Wildman–Crippen MR) is 158 cm³/mol. The van der Waals surface area contributed by atoms with E-state index in [9.17, 15) is 18.0 Å². The molecule has 0 aromatic heterocycles. The first kappa shape index (κ1) is 30.7. The first-order chi connectivity index (χ1) is 19.0. The number of benzene rings is 3. The molecule has 8 nitrogen and oxygen atoms in total. The number of carbonyl (C=O) groups is 2. The average Bonchev–Trinajstić information content (AvgIpc) is 2.92. The number of nitrogens with zero attached hydrogens (tertiary/aromatic N) is 2. The molecule has 214 valence electrons. The first-order valence-corrected chi connectivity index (χ1v) is 14.8. The predicted octanol–water partition coefficient (Wildman–Crippen LogP) is 4.84. The zero-order chi connectivity index (χ0) is 29.4. The van der Waals surface area contributed by atoms with E-state index in [0.717, 1.165) is 21.0 Å². The van der Waals surface area contributed by atoms with Gasteiger partial charge in [-0.25, -0.2) is 8.42 Å². The van der Waals surface area contributed by atoms with Crippen molar-refractivity contribution in [3.05, 3.63) is 89.5 Å². The number of carbonyl (C=O) groups excluding carboxylic acids is 2. The zero-order valence-corrected chi connectivity index (χ0v) is 24.9. The number of nitrogens with one attached hydrogen (secondary N) is 1. The summed E-state index contributed by atoms with van der Waals surface area (Å²) in [6.45, 7) is 8.98. The van der Waals surface area contributed by atoms with Gasteiger partial charge in [0.15, 0.2) is 0 Å². The molecule has 0 aliphatic heterocycles. The van der Waals surface area contributed by atoms with Gasteiger partial charge in [0.2, 0.25) is 11.8 Å². The lowest BCUT2D eigenvalue weighted by Crippen LogP contribution is -2.53. The van der Waals surface area contributed by atoms with Crippen molar-refractivity contribution in [2.24, 2.45) is 0 Å². The van der Waals surface area contributed by atoms with Crippen LogP contribution < -0.4 is 14.4 Å². The molecule has 40 heavy (non-hydrogen) atoms. The molecule has 0 saturated carbocycles. The van der Waals surface area contributed by atoms with E-state index in [1.54, 1.807) is 30.3 Å². The fourth-order valence-electron chi connectivity index (χ4n) is 4.42. The molecule has 2 amide bonds. The highest BCUT2D eigenvalue weighted by atomic mass is 32.2. The Labute approximate surface area is 238 Å². The van der Waals surface area contributed by atoms with Gasteiger partial charge in [-0.1, -0.05) is 61.0 Å². The number of hydrogen-bond donors (Lipinski definition) is 1. The Morgan fingerprint density at radius 2 is 1.55 bits per heavy atom. The summed E-state index contributed by atoms with van der Waals surface area (Å²) in [6.07, 6.45) is 0.357. The van der Waals surface area contributed by atoms with Crippen molar-refractivity contribution in [2.45, 2.75) is 64.6 Å². The molecule has 3 aromatic carbocycles. The van der Waals surface area contributed by atoms with Gasteiger partial charge in [-0.15, -0.1) is 0 Å². The van der Waals surface area contributed by atoms with Crippen LogP contribution in [-0.4, -0.2) is 50.9 Å². The molecule has 1 atom stereocenters. The van der Waals surface area contributed by atoms with Crippen molar-refractivity contribution in [3.8, 4) is 5.75 Å². The van der Waals surface area contributed by atoms with Crippen LogP contribution in [0, 0.1) is 13.8 Å². The average molecular weight is 566 g/mol. The second-order valence-corrected chi connectivity index (χ2v) is 12.0. The minimum atomic E-state index is -4.18. The van der Waals surface area contributed by atoms with E-state index in [4.69, 9.17) is 4.74 Å². The van der Waals surface area contributed by atoms with E-state index >= 15 is 0 Å². The van der Waals surface area contributed by atoms with Crippen molar-refractivity contribution < 1.29 is 22.7 Å². The van der Waals surface area contributed by atoms with Gasteiger partial charge in [0.05, 0.1) is 17.7 Å². The maximum Gasteiger partial charge on any atom is 0.264 e. The Kier molecular flexibility index (Phi) is 10.3. The summed E-state index contributed by atoms with van der Waals surface area (Å²) in [4.78, 5) is 28.9. The van der Waals surface area contributed by atoms with Crippen molar-refractivity contribution in [1.82, 2.24) is 10.2 Å². The number of methoxy groups -OCH3 is 1. The summed E-state index contributed by atoms with van der Waals surface area (Å²) in [5.74, 6) is -0.481. The van der Waals surface area contributed by atoms with Gasteiger partial charge in [0.1, 0.15) is 18.3 Å². The second-order valence-electron chi connectivity index (χ2n) is 10.1. The maximum atomic E-state index is 14.2. The van der Waals surface area contributed by atoms with E-state index in [-0.39, 0.29) is 29.1 Å². The molecule has 9 heteroatoms. The van der Waals surface area contributed by atoms with Crippen LogP contribution in [-0.2, 0) is 26.2 Å². The van der Waals surface area contributed by atoms with E-state index in [1.807, 2.05) is 65.0 Å². The third-order valence-electron chi connectivity index (χ3n) is 6.50. The summed E-state index contributed by atoms with van der Waals surface area (Å²) in [6, 6.07) is 19.9. The minimum absolute atomic E-state index is 0.0426. The third kappa shape index (κ3) is 7.41. The molecule has 0 bridgehead atoms. The molecule has 3 rings (SSSR count).